The molecule has 7 nitrogen and oxygen atoms in total. The van der Waals surface area contributed by atoms with Gasteiger partial charge in [0.25, 0.3) is 5.91 Å². The van der Waals surface area contributed by atoms with Crippen molar-refractivity contribution in [2.24, 2.45) is 5.92 Å². The maximum Gasteiger partial charge on any atom is 0.323 e. The van der Waals surface area contributed by atoms with Crippen molar-refractivity contribution in [3.05, 3.63) is 53.6 Å². The normalized spacial score (nSPS) is 11.1. The molecule has 1 unspecified atom stereocenters. The van der Waals surface area contributed by atoms with Crippen molar-refractivity contribution >= 4 is 17.6 Å². The number of nitrogens with one attached hydrogen (secondary N) is 1. The lowest BCUT2D eigenvalue weighted by molar-refractivity contribution is -0.145. The molecular weight excluding hydrogens is 360 g/mol. The SMILES string of the molecule is CCOC(=O)C(C#N)Cc1ccc(NC(=O)c2ccc(OC)c(OC)c2)cc1. The fraction of sp³-hybridized carbons (Fsp3) is 0.286. The molecule has 0 bridgehead atoms. The molecule has 2 aromatic rings. The smallest absolute Gasteiger partial charge is 0.323 e. The third-order valence-electron chi connectivity index (χ3n) is 4.02. The number of nitrogens with zero attached hydrogens (tertiary/aromatic N) is 1. The topological polar surface area (TPSA) is 97.7 Å². The molecular formula is C21H22N2O5. The van der Waals surface area contributed by atoms with Gasteiger partial charge in [0.05, 0.1) is 26.9 Å². The second-order valence-electron chi connectivity index (χ2n) is 5.86. The summed E-state index contributed by atoms with van der Waals surface area (Å²) in [5.41, 5.74) is 1.81. The number of anilines is 1. The predicted molar refractivity (Wildman–Crippen MR) is 103 cm³/mol. The zero-order valence-corrected chi connectivity index (χ0v) is 16.0. The molecule has 0 saturated carbocycles. The molecule has 28 heavy (non-hydrogen) atoms. The molecule has 1 atom stereocenters. The summed E-state index contributed by atoms with van der Waals surface area (Å²) in [4.78, 5) is 24.2. The van der Waals surface area contributed by atoms with Crippen LogP contribution in [0.1, 0.15) is 22.8 Å². The Bertz CT molecular complexity index is 871. The number of ether oxygens (including phenoxy) is 3. The van der Waals surface area contributed by atoms with Crippen molar-refractivity contribution in [2.75, 3.05) is 26.1 Å². The van der Waals surface area contributed by atoms with E-state index in [4.69, 9.17) is 19.5 Å². The largest absolute Gasteiger partial charge is 0.493 e. The van der Waals surface area contributed by atoms with Gasteiger partial charge in [0.15, 0.2) is 11.5 Å². The number of benzene rings is 2. The summed E-state index contributed by atoms with van der Waals surface area (Å²) in [5, 5.41) is 11.9. The minimum atomic E-state index is -0.854. The van der Waals surface area contributed by atoms with Crippen LogP contribution in [0.2, 0.25) is 0 Å². The maximum absolute atomic E-state index is 12.4. The van der Waals surface area contributed by atoms with Crippen LogP contribution in [0, 0.1) is 17.2 Å². The predicted octanol–water partition coefficient (Wildman–Crippen LogP) is 3.20. The average molecular weight is 382 g/mol. The minimum Gasteiger partial charge on any atom is -0.493 e. The highest BCUT2D eigenvalue weighted by Gasteiger charge is 2.19. The standard InChI is InChI=1S/C21H22N2O5/c1-4-28-21(25)16(13-22)11-14-5-8-17(9-6-14)23-20(24)15-7-10-18(26-2)19(12-15)27-3/h5-10,12,16H,4,11H2,1-3H3,(H,23,24). The first-order valence-corrected chi connectivity index (χ1v) is 8.71. The van der Waals surface area contributed by atoms with Gasteiger partial charge in [-0.1, -0.05) is 12.1 Å². The third-order valence-corrected chi connectivity index (χ3v) is 4.02. The van der Waals surface area contributed by atoms with E-state index in [0.717, 1.165) is 5.56 Å². The molecule has 0 fully saturated rings. The molecule has 0 aromatic heterocycles. The van der Waals surface area contributed by atoms with E-state index in [9.17, 15) is 9.59 Å². The number of nitriles is 1. The molecule has 0 radical (unpaired) electrons. The molecule has 2 rings (SSSR count). The Labute approximate surface area is 163 Å². The van der Waals surface area contributed by atoms with Crippen molar-refractivity contribution in [3.63, 3.8) is 0 Å². The maximum atomic E-state index is 12.4. The lowest BCUT2D eigenvalue weighted by Crippen LogP contribution is -2.18. The Morgan fingerprint density at radius 3 is 2.32 bits per heavy atom. The Hall–Kier alpha value is -3.53. The summed E-state index contributed by atoms with van der Waals surface area (Å²) in [6.45, 7) is 1.93. The molecule has 0 saturated heterocycles. The number of carbonyl (C=O) groups excluding carboxylic acids is 2. The first-order valence-electron chi connectivity index (χ1n) is 8.71. The summed E-state index contributed by atoms with van der Waals surface area (Å²) in [6.07, 6.45) is 0.249. The highest BCUT2D eigenvalue weighted by Crippen LogP contribution is 2.28. The zero-order valence-electron chi connectivity index (χ0n) is 16.0. The van der Waals surface area contributed by atoms with Crippen molar-refractivity contribution < 1.29 is 23.8 Å². The lowest BCUT2D eigenvalue weighted by Gasteiger charge is -2.11. The van der Waals surface area contributed by atoms with Gasteiger partial charge in [0, 0.05) is 11.3 Å². The van der Waals surface area contributed by atoms with E-state index < -0.39 is 11.9 Å². The zero-order chi connectivity index (χ0) is 20.5. The van der Waals surface area contributed by atoms with Crippen LogP contribution in [-0.4, -0.2) is 32.7 Å². The summed E-state index contributed by atoms with van der Waals surface area (Å²) in [6, 6.07) is 13.8. The Balaban J connectivity index is 2.05. The van der Waals surface area contributed by atoms with Crippen LogP contribution in [0.4, 0.5) is 5.69 Å². The highest BCUT2D eigenvalue weighted by molar-refractivity contribution is 6.04. The van der Waals surface area contributed by atoms with Crippen LogP contribution in [0.5, 0.6) is 11.5 Å². The van der Waals surface area contributed by atoms with E-state index in [-0.39, 0.29) is 18.9 Å². The molecule has 146 valence electrons. The van der Waals surface area contributed by atoms with E-state index in [1.165, 1.54) is 14.2 Å². The van der Waals surface area contributed by atoms with Crippen LogP contribution < -0.4 is 14.8 Å². The highest BCUT2D eigenvalue weighted by atomic mass is 16.5. The molecule has 1 N–H and O–H groups in total. The monoisotopic (exact) mass is 382 g/mol. The van der Waals surface area contributed by atoms with E-state index >= 15 is 0 Å². The second kappa shape index (κ2) is 9.97. The second-order valence-corrected chi connectivity index (χ2v) is 5.86. The van der Waals surface area contributed by atoms with E-state index in [1.54, 1.807) is 49.4 Å². The average Bonchev–Trinajstić information content (AvgIpc) is 2.72. The van der Waals surface area contributed by atoms with Gasteiger partial charge in [-0.2, -0.15) is 5.26 Å². The number of hydrogen-bond donors (Lipinski definition) is 1. The summed E-state index contributed by atoms with van der Waals surface area (Å²) >= 11 is 0. The van der Waals surface area contributed by atoms with Gasteiger partial charge in [0.1, 0.15) is 5.92 Å². The van der Waals surface area contributed by atoms with Gasteiger partial charge in [-0.05, 0) is 49.2 Å². The lowest BCUT2D eigenvalue weighted by atomic mass is 10.0. The van der Waals surface area contributed by atoms with Gasteiger partial charge in [-0.25, -0.2) is 0 Å². The molecule has 0 spiro atoms. The van der Waals surface area contributed by atoms with Crippen molar-refractivity contribution in [3.8, 4) is 17.6 Å². The van der Waals surface area contributed by atoms with Crippen molar-refractivity contribution in [1.82, 2.24) is 0 Å². The summed E-state index contributed by atoms with van der Waals surface area (Å²) in [5.74, 6) is -0.679. The summed E-state index contributed by atoms with van der Waals surface area (Å²) < 4.78 is 15.3. The molecule has 0 aliphatic heterocycles. The van der Waals surface area contributed by atoms with Gasteiger partial charge in [-0.3, -0.25) is 9.59 Å². The number of amides is 1. The Morgan fingerprint density at radius 2 is 1.75 bits per heavy atom. The third kappa shape index (κ3) is 5.24. The molecule has 7 heteroatoms. The van der Waals surface area contributed by atoms with Gasteiger partial charge >= 0.3 is 5.97 Å². The first-order chi connectivity index (χ1) is 13.5. The summed E-state index contributed by atoms with van der Waals surface area (Å²) in [7, 11) is 3.03. The van der Waals surface area contributed by atoms with Gasteiger partial charge in [-0.15, -0.1) is 0 Å². The number of esters is 1. The van der Waals surface area contributed by atoms with E-state index in [2.05, 4.69) is 5.32 Å². The van der Waals surface area contributed by atoms with Crippen molar-refractivity contribution in [2.45, 2.75) is 13.3 Å². The number of carbonyl (C=O) groups is 2. The van der Waals surface area contributed by atoms with Gasteiger partial charge in [0.2, 0.25) is 0 Å². The Morgan fingerprint density at radius 1 is 1.07 bits per heavy atom. The van der Waals surface area contributed by atoms with Crippen LogP contribution in [-0.2, 0) is 16.0 Å². The first kappa shape index (κ1) is 20.8. The molecule has 0 aliphatic carbocycles. The fourth-order valence-electron chi connectivity index (χ4n) is 2.57. The number of methoxy groups -OCH3 is 2. The van der Waals surface area contributed by atoms with Crippen LogP contribution in [0.3, 0.4) is 0 Å². The number of rotatable bonds is 8. The van der Waals surface area contributed by atoms with Crippen molar-refractivity contribution in [1.29, 1.82) is 5.26 Å². The molecule has 0 aliphatic rings. The van der Waals surface area contributed by atoms with E-state index in [1.807, 2.05) is 6.07 Å². The minimum absolute atomic E-state index is 0.234. The van der Waals surface area contributed by atoms with Crippen LogP contribution >= 0.6 is 0 Å². The molecule has 1 amide bonds. The van der Waals surface area contributed by atoms with Gasteiger partial charge < -0.3 is 19.5 Å². The fourth-order valence-corrected chi connectivity index (χ4v) is 2.57. The van der Waals surface area contributed by atoms with E-state index in [0.29, 0.717) is 22.7 Å². The Kier molecular flexibility index (Phi) is 7.40. The number of hydrogen-bond acceptors (Lipinski definition) is 6. The van der Waals surface area contributed by atoms with Crippen LogP contribution in [0.15, 0.2) is 42.5 Å². The quantitative estimate of drug-likeness (QED) is 0.704. The molecule has 0 heterocycles. The van der Waals surface area contributed by atoms with Crippen LogP contribution in [0.25, 0.3) is 0 Å². The molecule has 2 aromatic carbocycles.